The molecule has 0 spiro atoms. The van der Waals surface area contributed by atoms with Gasteiger partial charge in [-0.3, -0.25) is 0 Å². The highest BCUT2D eigenvalue weighted by Crippen LogP contribution is 2.16. The highest BCUT2D eigenvalue weighted by Gasteiger charge is 2.28. The first-order chi connectivity index (χ1) is 6.82. The van der Waals surface area contributed by atoms with Crippen LogP contribution in [0, 0.1) is 5.82 Å². The van der Waals surface area contributed by atoms with Gasteiger partial charge in [0.15, 0.2) is 11.6 Å². The van der Waals surface area contributed by atoms with E-state index in [-0.39, 0.29) is 5.82 Å². The first kappa shape index (κ1) is 12.0. The monoisotopic (exact) mass is 235 g/mol. The summed E-state index contributed by atoms with van der Waals surface area (Å²) in [6.07, 6.45) is 0.198. The van der Waals surface area contributed by atoms with Crippen molar-refractivity contribution in [2.75, 3.05) is 0 Å². The van der Waals surface area contributed by atoms with Crippen molar-refractivity contribution < 1.29 is 17.9 Å². The minimum Gasteiger partial charge on any atom is -0.384 e. The normalized spacial score (nSPS) is 16.0. The second kappa shape index (κ2) is 4.17. The van der Waals surface area contributed by atoms with Crippen molar-refractivity contribution in [1.29, 1.82) is 0 Å². The molecule has 0 saturated heterocycles. The summed E-state index contributed by atoms with van der Waals surface area (Å²) in [5.41, 5.74) is 0. The molecule has 1 aromatic heterocycles. The summed E-state index contributed by atoms with van der Waals surface area (Å²) in [5, 5.41) is 13.1. The number of sulfonamides is 1. The second-order valence-electron chi connectivity index (χ2n) is 3.00. The number of hydrogen-bond donors (Lipinski definition) is 2. The van der Waals surface area contributed by atoms with Gasteiger partial charge in [0.2, 0.25) is 10.0 Å². The third kappa shape index (κ3) is 2.91. The van der Waals surface area contributed by atoms with Gasteiger partial charge in [-0.2, -0.15) is 0 Å². The van der Waals surface area contributed by atoms with Gasteiger partial charge in [0.1, 0.15) is 11.4 Å². The fraction of sp³-hybridized carbons (Fsp3) is 0.429. The molecule has 84 valence electrons. The van der Waals surface area contributed by atoms with Crippen LogP contribution in [0.1, 0.15) is 18.9 Å². The molecule has 1 aromatic rings. The maximum absolute atomic E-state index is 12.4. The van der Waals surface area contributed by atoms with Gasteiger partial charge in [0, 0.05) is 0 Å². The van der Waals surface area contributed by atoms with Crippen LogP contribution in [0.2, 0.25) is 0 Å². The van der Waals surface area contributed by atoms with E-state index in [0.717, 1.165) is 12.4 Å². The maximum atomic E-state index is 12.4. The highest BCUT2D eigenvalue weighted by atomic mass is 32.2. The summed E-state index contributed by atoms with van der Waals surface area (Å²) in [5.74, 6) is -0.855. The zero-order valence-corrected chi connectivity index (χ0v) is 8.65. The van der Waals surface area contributed by atoms with Crippen molar-refractivity contribution in [3.63, 3.8) is 0 Å². The molecule has 0 unspecified atom stereocenters. The Morgan fingerprint density at radius 3 is 2.33 bits per heavy atom. The predicted octanol–water partition coefficient (Wildman–Crippen LogP) is -0.674. The molecule has 1 heterocycles. The van der Waals surface area contributed by atoms with Gasteiger partial charge in [0.25, 0.3) is 0 Å². The van der Waals surface area contributed by atoms with Gasteiger partial charge < -0.3 is 5.11 Å². The molecule has 0 saturated carbocycles. The van der Waals surface area contributed by atoms with Crippen LogP contribution in [0.25, 0.3) is 0 Å². The first-order valence-corrected chi connectivity index (χ1v) is 5.60. The number of aliphatic hydroxyl groups is 1. The average molecular weight is 235 g/mol. The van der Waals surface area contributed by atoms with Gasteiger partial charge in [-0.05, 0) is 6.92 Å². The third-order valence-corrected chi connectivity index (χ3v) is 3.16. The number of nitrogens with zero attached hydrogens (tertiary/aromatic N) is 2. The number of aromatic nitrogens is 2. The van der Waals surface area contributed by atoms with Crippen LogP contribution in [-0.4, -0.2) is 28.7 Å². The van der Waals surface area contributed by atoms with Crippen molar-refractivity contribution >= 4 is 10.0 Å². The van der Waals surface area contributed by atoms with Crippen molar-refractivity contribution in [2.24, 2.45) is 5.14 Å². The van der Waals surface area contributed by atoms with Crippen molar-refractivity contribution in [1.82, 2.24) is 9.97 Å². The molecular weight excluding hydrogens is 225 g/mol. The smallest absolute Gasteiger partial charge is 0.214 e. The Morgan fingerprint density at radius 2 is 1.93 bits per heavy atom. The standard InChI is InChI=1S/C7H10FN3O3S/c1-4(15(9,13)14)6(12)7-10-2-5(8)3-11-7/h2-4,6,12H,1H3,(H2,9,13,14)/t4-,6+/m1/s1. The number of halogens is 1. The number of nitrogens with two attached hydrogens (primary N) is 1. The summed E-state index contributed by atoms with van der Waals surface area (Å²) >= 11 is 0. The van der Waals surface area contributed by atoms with Crippen molar-refractivity contribution in [2.45, 2.75) is 18.3 Å². The first-order valence-electron chi connectivity index (χ1n) is 3.99. The maximum Gasteiger partial charge on any atom is 0.214 e. The molecule has 6 nitrogen and oxygen atoms in total. The van der Waals surface area contributed by atoms with Crippen molar-refractivity contribution in [3.8, 4) is 0 Å². The van der Waals surface area contributed by atoms with E-state index in [1.165, 1.54) is 6.92 Å². The van der Waals surface area contributed by atoms with Crippen LogP contribution in [0.15, 0.2) is 12.4 Å². The molecule has 0 radical (unpaired) electrons. The average Bonchev–Trinajstić information content (AvgIpc) is 2.15. The Hall–Kier alpha value is -1.12. The lowest BCUT2D eigenvalue weighted by Crippen LogP contribution is -2.32. The molecule has 0 aliphatic heterocycles. The van der Waals surface area contributed by atoms with Crippen LogP contribution < -0.4 is 5.14 Å². The molecular formula is C7H10FN3O3S. The molecule has 0 aliphatic rings. The lowest BCUT2D eigenvalue weighted by atomic mass is 10.2. The Labute approximate surface area is 86.0 Å². The summed E-state index contributed by atoms with van der Waals surface area (Å²) in [6, 6.07) is 0. The Morgan fingerprint density at radius 1 is 1.47 bits per heavy atom. The second-order valence-corrected chi connectivity index (χ2v) is 4.92. The minimum absolute atomic E-state index is 0.182. The topological polar surface area (TPSA) is 106 Å². The van der Waals surface area contributed by atoms with Crippen LogP contribution >= 0.6 is 0 Å². The van der Waals surface area contributed by atoms with Gasteiger partial charge in [0.05, 0.1) is 12.4 Å². The van der Waals surface area contributed by atoms with Crippen molar-refractivity contribution in [3.05, 3.63) is 24.0 Å². The summed E-state index contributed by atoms with van der Waals surface area (Å²) < 4.78 is 34.2. The minimum atomic E-state index is -3.88. The fourth-order valence-electron chi connectivity index (χ4n) is 0.865. The van der Waals surface area contributed by atoms with E-state index in [1.54, 1.807) is 0 Å². The molecule has 0 bridgehead atoms. The van der Waals surface area contributed by atoms with E-state index in [2.05, 4.69) is 9.97 Å². The van der Waals surface area contributed by atoms with Crippen LogP contribution in [0.5, 0.6) is 0 Å². The number of primary sulfonamides is 1. The predicted molar refractivity (Wildman–Crippen MR) is 49.5 cm³/mol. The van der Waals surface area contributed by atoms with E-state index in [0.29, 0.717) is 0 Å². The summed E-state index contributed by atoms with van der Waals surface area (Å²) in [7, 11) is -3.88. The lowest BCUT2D eigenvalue weighted by Gasteiger charge is -2.14. The van der Waals surface area contributed by atoms with E-state index < -0.39 is 27.2 Å². The zero-order valence-electron chi connectivity index (χ0n) is 7.83. The molecule has 2 atom stereocenters. The van der Waals surface area contributed by atoms with E-state index in [9.17, 15) is 17.9 Å². The highest BCUT2D eigenvalue weighted by molar-refractivity contribution is 7.89. The van der Waals surface area contributed by atoms with Crippen LogP contribution in [0.4, 0.5) is 4.39 Å². The summed E-state index contributed by atoms with van der Waals surface area (Å²) in [6.45, 7) is 1.21. The van der Waals surface area contributed by atoms with Gasteiger partial charge >= 0.3 is 0 Å². The molecule has 0 fully saturated rings. The third-order valence-electron chi connectivity index (χ3n) is 1.87. The number of rotatable bonds is 3. The molecule has 3 N–H and O–H groups in total. The number of hydrogen-bond acceptors (Lipinski definition) is 5. The fourth-order valence-corrected chi connectivity index (χ4v) is 1.35. The van der Waals surface area contributed by atoms with Gasteiger partial charge in [-0.25, -0.2) is 27.9 Å². The lowest BCUT2D eigenvalue weighted by molar-refractivity contribution is 0.165. The van der Waals surface area contributed by atoms with Crippen LogP contribution in [0.3, 0.4) is 0 Å². The van der Waals surface area contributed by atoms with E-state index >= 15 is 0 Å². The van der Waals surface area contributed by atoms with Crippen LogP contribution in [-0.2, 0) is 10.0 Å². The van der Waals surface area contributed by atoms with E-state index in [4.69, 9.17) is 5.14 Å². The molecule has 0 aromatic carbocycles. The number of aliphatic hydroxyl groups excluding tert-OH is 1. The summed E-state index contributed by atoms with van der Waals surface area (Å²) in [4.78, 5) is 6.91. The SMILES string of the molecule is C[C@H]([C@H](O)c1ncc(F)cn1)S(N)(=O)=O. The largest absolute Gasteiger partial charge is 0.384 e. The van der Waals surface area contributed by atoms with Gasteiger partial charge in [-0.1, -0.05) is 0 Å². The quantitative estimate of drug-likeness (QED) is 0.722. The Balaban J connectivity index is 2.95. The molecule has 0 amide bonds. The van der Waals surface area contributed by atoms with Gasteiger partial charge in [-0.15, -0.1) is 0 Å². The van der Waals surface area contributed by atoms with E-state index in [1.807, 2.05) is 0 Å². The molecule has 1 rings (SSSR count). The molecule has 15 heavy (non-hydrogen) atoms. The molecule has 0 aliphatic carbocycles. The Bertz CT molecular complexity index is 433. The zero-order chi connectivity index (χ0) is 11.6. The Kier molecular flexibility index (Phi) is 3.32. The molecule has 8 heteroatoms.